The van der Waals surface area contributed by atoms with Crippen LogP contribution in [0.25, 0.3) is 0 Å². The van der Waals surface area contributed by atoms with Crippen molar-refractivity contribution in [3.63, 3.8) is 0 Å². The van der Waals surface area contributed by atoms with Crippen molar-refractivity contribution in [3.8, 4) is 0 Å². The molecule has 2 heterocycles. The van der Waals surface area contributed by atoms with E-state index in [1.807, 2.05) is 32.6 Å². The van der Waals surface area contributed by atoms with Crippen LogP contribution in [0.5, 0.6) is 0 Å². The topological polar surface area (TPSA) is 65.0 Å². The number of nitrogens with zero attached hydrogens (tertiary/aromatic N) is 2. The molecule has 6 nitrogen and oxygen atoms in total. The zero-order valence-electron chi connectivity index (χ0n) is 16.1. The van der Waals surface area contributed by atoms with Crippen molar-refractivity contribution in [2.24, 2.45) is 0 Å². The number of aliphatic hydroxyl groups excluding tert-OH is 1. The Labute approximate surface area is 204 Å². The van der Waals surface area contributed by atoms with Gasteiger partial charge in [-0.2, -0.15) is 0 Å². The molecule has 2 aliphatic heterocycles. The summed E-state index contributed by atoms with van der Waals surface area (Å²) in [6, 6.07) is 1.07. The number of hydrogen-bond donors (Lipinski definition) is 2. The van der Waals surface area contributed by atoms with Gasteiger partial charge in [-0.3, -0.25) is 4.90 Å². The van der Waals surface area contributed by atoms with Crippen LogP contribution < -0.4 is 5.32 Å². The van der Waals surface area contributed by atoms with Crippen LogP contribution in [-0.2, 0) is 35.3 Å². The second-order valence-electron chi connectivity index (χ2n) is 7.05. The quantitative estimate of drug-likeness (QED) is 0.308. The van der Waals surface area contributed by atoms with Crippen LogP contribution in [-0.4, -0.2) is 78.0 Å². The van der Waals surface area contributed by atoms with Gasteiger partial charge in [0.25, 0.3) is 0 Å². The van der Waals surface area contributed by atoms with Crippen molar-refractivity contribution in [1.82, 2.24) is 15.1 Å². The molecule has 1 unspecified atom stereocenters. The van der Waals surface area contributed by atoms with Gasteiger partial charge in [-0.1, -0.05) is 6.92 Å². The summed E-state index contributed by atoms with van der Waals surface area (Å²) in [5.74, 6) is 0. The van der Waals surface area contributed by atoms with Gasteiger partial charge in [-0.25, -0.2) is 4.79 Å². The maximum atomic E-state index is 12.0. The maximum absolute atomic E-state index is 12.0. The summed E-state index contributed by atoms with van der Waals surface area (Å²) >= 11 is 0. The summed E-state index contributed by atoms with van der Waals surface area (Å²) in [4.78, 5) is 16.3. The van der Waals surface area contributed by atoms with Crippen LogP contribution in [0.3, 0.4) is 0 Å². The Kier molecular flexibility index (Phi) is 19.1. The Morgan fingerprint density at radius 1 is 1.28 bits per heavy atom. The van der Waals surface area contributed by atoms with Crippen LogP contribution in [0.2, 0.25) is 0 Å². The Morgan fingerprint density at radius 3 is 2.12 bits per heavy atom. The Morgan fingerprint density at radius 2 is 1.80 bits per heavy atom. The molecule has 2 aliphatic rings. The van der Waals surface area contributed by atoms with E-state index in [2.05, 4.69) is 17.1 Å². The van der Waals surface area contributed by atoms with Crippen molar-refractivity contribution >= 4 is 19.6 Å². The molecule has 0 aromatic rings. The van der Waals surface area contributed by atoms with Crippen LogP contribution in [0, 0.1) is 41.7 Å². The fraction of sp³-hybridized carbons (Fsp3) is 0.938. The molecule has 1 amide bonds. The third-order valence-electron chi connectivity index (χ3n) is 3.78. The predicted molar refractivity (Wildman–Crippen MR) is 96.8 cm³/mol. The summed E-state index contributed by atoms with van der Waals surface area (Å²) < 4.78 is 5.42. The van der Waals surface area contributed by atoms with Gasteiger partial charge >= 0.3 is 6.09 Å². The van der Waals surface area contributed by atoms with Crippen molar-refractivity contribution in [1.29, 1.82) is 0 Å². The van der Waals surface area contributed by atoms with E-state index in [1.165, 1.54) is 0 Å². The van der Waals surface area contributed by atoms with E-state index < -0.39 is 5.60 Å². The minimum atomic E-state index is -0.407. The Hall–Kier alpha value is 1.40. The average molecular weight is 544 g/mol. The number of nitrogens with one attached hydrogen (secondary N) is 1. The van der Waals surface area contributed by atoms with Gasteiger partial charge in [0, 0.05) is 110 Å². The average Bonchev–Trinajstić information content (AvgIpc) is 2.37. The molecule has 2 rings (SSSR count). The summed E-state index contributed by atoms with van der Waals surface area (Å²) in [7, 11) is 0. The zero-order valence-corrected chi connectivity index (χ0v) is 21.2. The van der Waals surface area contributed by atoms with E-state index in [1.54, 1.807) is 0 Å². The largest absolute Gasteiger partial charge is 0.813 e. The first-order valence-corrected chi connectivity index (χ1v) is 8.33. The molecular weight excluding hydrogens is 510 g/mol. The van der Waals surface area contributed by atoms with Crippen molar-refractivity contribution in [3.05, 3.63) is 0 Å². The molecule has 2 fully saturated rings. The van der Waals surface area contributed by atoms with Gasteiger partial charge in [-0.05, 0) is 34.1 Å². The Balaban J connectivity index is -0.000000629. The van der Waals surface area contributed by atoms with E-state index >= 15 is 0 Å². The molecular formula is C16H34CeFeN3O3S-. The van der Waals surface area contributed by atoms with E-state index in [9.17, 15) is 4.79 Å². The van der Waals surface area contributed by atoms with E-state index in [4.69, 9.17) is 9.84 Å². The van der Waals surface area contributed by atoms with E-state index in [-0.39, 0.29) is 78.4 Å². The molecule has 0 spiro atoms. The summed E-state index contributed by atoms with van der Waals surface area (Å²) in [5, 5.41) is 11.2. The zero-order chi connectivity index (χ0) is 16.8. The SMILES string of the molecule is CC1CN(C(=O)OC(C)(C)C)CCN1C1CNC1.CCCO.[Ce].[Fe].[SH-]. The molecule has 2 N–H and O–H groups in total. The first-order valence-electron chi connectivity index (χ1n) is 8.33. The fourth-order valence-electron chi connectivity index (χ4n) is 2.51. The smallest absolute Gasteiger partial charge is 0.410 e. The molecule has 2 saturated heterocycles. The number of rotatable bonds is 2. The molecule has 150 valence electrons. The number of thiol groups is 1. The number of carbonyl (C=O) groups excluding carboxylic acids is 1. The molecule has 0 aromatic carbocycles. The molecule has 1 atom stereocenters. The predicted octanol–water partition coefficient (Wildman–Crippen LogP) is 1.02. The minimum Gasteiger partial charge on any atom is -0.813 e. The monoisotopic (exact) mass is 544 g/mol. The van der Waals surface area contributed by atoms with Gasteiger partial charge in [0.15, 0.2) is 0 Å². The van der Waals surface area contributed by atoms with Crippen LogP contribution >= 0.6 is 0 Å². The van der Waals surface area contributed by atoms with Gasteiger partial charge in [-0.15, -0.1) is 0 Å². The van der Waals surface area contributed by atoms with Crippen molar-refractivity contribution < 1.29 is 73.5 Å². The van der Waals surface area contributed by atoms with Gasteiger partial charge in [0.2, 0.25) is 0 Å². The minimum absolute atomic E-state index is 0. The van der Waals surface area contributed by atoms with Gasteiger partial charge in [0.1, 0.15) is 5.60 Å². The fourth-order valence-corrected chi connectivity index (χ4v) is 2.51. The summed E-state index contributed by atoms with van der Waals surface area (Å²) in [6.45, 7) is 14.8. The van der Waals surface area contributed by atoms with Crippen LogP contribution in [0.1, 0.15) is 41.0 Å². The number of ether oxygens (including phenoxy) is 1. The van der Waals surface area contributed by atoms with Crippen molar-refractivity contribution in [2.45, 2.75) is 58.7 Å². The maximum Gasteiger partial charge on any atom is 0.410 e. The molecule has 0 aromatic heterocycles. The first-order chi connectivity index (χ1) is 10.3. The summed E-state index contributed by atoms with van der Waals surface area (Å²) in [6.07, 6.45) is 0.695. The first kappa shape index (κ1) is 31.1. The van der Waals surface area contributed by atoms with Crippen molar-refractivity contribution in [2.75, 3.05) is 39.3 Å². The van der Waals surface area contributed by atoms with Gasteiger partial charge in [0.05, 0.1) is 0 Å². The third-order valence-corrected chi connectivity index (χ3v) is 3.78. The Bertz CT molecular complexity index is 356. The van der Waals surface area contributed by atoms with E-state index in [0.29, 0.717) is 18.7 Å². The molecule has 0 bridgehead atoms. The number of piperazine rings is 1. The van der Waals surface area contributed by atoms with Gasteiger partial charge < -0.3 is 33.6 Å². The van der Waals surface area contributed by atoms with Crippen LogP contribution in [0.4, 0.5) is 4.79 Å². The normalized spacial score (nSPS) is 20.6. The molecule has 0 radical (unpaired) electrons. The second-order valence-corrected chi connectivity index (χ2v) is 7.05. The second kappa shape index (κ2) is 15.3. The number of amides is 1. The number of aliphatic hydroxyl groups is 1. The molecule has 9 heteroatoms. The molecule has 25 heavy (non-hydrogen) atoms. The molecule has 0 aliphatic carbocycles. The van der Waals surface area contributed by atoms with Crippen LogP contribution in [0.15, 0.2) is 0 Å². The van der Waals surface area contributed by atoms with E-state index in [0.717, 1.165) is 39.1 Å². The standard InChI is InChI=1S/C13H25N3O2.C3H8O.Ce.Fe.H2S/c1-10-9-15(12(17)18-13(2,3)4)5-6-16(10)11-7-14-8-11;1-2-3-4;;;/h10-11,14H,5-9H2,1-4H3;4H,2-3H2,1H3;;;1H2/p-1. The summed E-state index contributed by atoms with van der Waals surface area (Å²) in [5.41, 5.74) is -0.407. The third kappa shape index (κ3) is 11.7. The number of carbonyl (C=O) groups is 1. The molecule has 0 saturated carbocycles. The number of hydrogen-bond acceptors (Lipinski definition) is 6.